The highest BCUT2D eigenvalue weighted by atomic mass is 32.2. The molecule has 1 amide bonds. The molecule has 0 spiro atoms. The van der Waals surface area contributed by atoms with Crippen LogP contribution in [-0.2, 0) is 10.1 Å². The van der Waals surface area contributed by atoms with E-state index in [1.165, 1.54) is 30.3 Å². The monoisotopic (exact) mass is 419 g/mol. The Kier molecular flexibility index (Phi) is 7.18. The van der Waals surface area contributed by atoms with Gasteiger partial charge < -0.3 is 10.4 Å². The molecule has 0 aliphatic carbocycles. The summed E-state index contributed by atoms with van der Waals surface area (Å²) in [5.74, 6) is -1.66. The van der Waals surface area contributed by atoms with Crippen LogP contribution in [0.4, 0.5) is 11.4 Å². The summed E-state index contributed by atoms with van der Waals surface area (Å²) in [6, 6.07) is 10.4. The number of hydrogen-bond acceptors (Lipinski definition) is 7. The van der Waals surface area contributed by atoms with Crippen molar-refractivity contribution in [3.8, 4) is 5.75 Å². The first-order valence-electron chi connectivity index (χ1n) is 8.69. The Balaban J connectivity index is 2.06. The maximum Gasteiger partial charge on any atom is 0.266 e. The Bertz CT molecular complexity index is 1030. The van der Waals surface area contributed by atoms with Crippen LogP contribution < -0.4 is 5.32 Å². The van der Waals surface area contributed by atoms with Crippen LogP contribution >= 0.6 is 0 Å². The Morgan fingerprint density at radius 2 is 1.62 bits per heavy atom. The molecule has 0 aliphatic heterocycles. The number of phenolic OH excluding ortho intramolecular Hbond substituents is 1. The van der Waals surface area contributed by atoms with Crippen molar-refractivity contribution in [2.75, 3.05) is 12.3 Å². The van der Waals surface area contributed by atoms with Gasteiger partial charge in [0.05, 0.1) is 22.7 Å². The molecule has 0 saturated heterocycles. The highest BCUT2D eigenvalue weighted by Crippen LogP contribution is 2.27. The molecule has 0 radical (unpaired) electrons. The highest BCUT2D eigenvalue weighted by Gasteiger charge is 2.15. The fourth-order valence-electron chi connectivity index (χ4n) is 2.29. The number of Topliss-reactive ketones (excluding diaryl/α,β-unsaturated/α-hetero) is 1. The van der Waals surface area contributed by atoms with Crippen molar-refractivity contribution >= 4 is 33.2 Å². The second kappa shape index (κ2) is 9.39. The van der Waals surface area contributed by atoms with E-state index < -0.39 is 21.8 Å². The lowest BCUT2D eigenvalue weighted by Crippen LogP contribution is -2.28. The smallest absolute Gasteiger partial charge is 0.266 e. The number of carbonyl (C=O) groups excluding carboxylic acids is 2. The molecule has 0 saturated carbocycles. The largest absolute Gasteiger partial charge is 0.507 e. The van der Waals surface area contributed by atoms with Crippen LogP contribution in [0.25, 0.3) is 0 Å². The van der Waals surface area contributed by atoms with Crippen molar-refractivity contribution in [2.45, 2.75) is 13.8 Å². The third-order valence-corrected chi connectivity index (χ3v) is 4.55. The molecule has 0 fully saturated rings. The van der Waals surface area contributed by atoms with E-state index in [0.29, 0.717) is 11.4 Å². The number of amides is 1. The fraction of sp³-hybridized carbons (Fsp3) is 0.263. The number of aromatic hydroxyl groups is 1. The molecule has 10 heteroatoms. The highest BCUT2D eigenvalue weighted by molar-refractivity contribution is 7.85. The minimum absolute atomic E-state index is 0.119. The summed E-state index contributed by atoms with van der Waals surface area (Å²) in [4.78, 5) is 24.0. The van der Waals surface area contributed by atoms with Gasteiger partial charge in [-0.2, -0.15) is 18.6 Å². The number of rotatable bonds is 8. The lowest BCUT2D eigenvalue weighted by molar-refractivity contribution is 0.0934. The van der Waals surface area contributed by atoms with Crippen molar-refractivity contribution in [3.05, 3.63) is 53.6 Å². The van der Waals surface area contributed by atoms with E-state index in [1.807, 2.05) is 0 Å². The molecule has 9 nitrogen and oxygen atoms in total. The van der Waals surface area contributed by atoms with Crippen molar-refractivity contribution in [3.63, 3.8) is 0 Å². The Hall–Kier alpha value is -3.11. The number of nitrogens with zero attached hydrogens (tertiary/aromatic N) is 2. The van der Waals surface area contributed by atoms with Crippen molar-refractivity contribution < 1.29 is 27.7 Å². The summed E-state index contributed by atoms with van der Waals surface area (Å²) in [5.41, 5.74) is 1.30. The van der Waals surface area contributed by atoms with Gasteiger partial charge in [0.15, 0.2) is 5.78 Å². The molecular weight excluding hydrogens is 398 g/mol. The minimum atomic E-state index is -4.14. The van der Waals surface area contributed by atoms with Crippen LogP contribution in [0, 0.1) is 5.92 Å². The molecule has 29 heavy (non-hydrogen) atoms. The van der Waals surface area contributed by atoms with E-state index >= 15 is 0 Å². The maximum atomic E-state index is 12.1. The second-order valence-corrected chi connectivity index (χ2v) is 8.08. The average Bonchev–Trinajstić information content (AvgIpc) is 2.66. The standard InChI is InChI=1S/C19H21N3O6S/c1-12(2)18(24)16-11-15(7-8-17(16)23)22-21-14-5-3-13(4-6-14)19(25)20-9-10-29(26,27)28/h3-8,11-12,23H,9-10H2,1-2H3,(H,20,25)(H,26,27,28). The van der Waals surface area contributed by atoms with Gasteiger partial charge in [-0.1, -0.05) is 13.8 Å². The van der Waals surface area contributed by atoms with E-state index in [9.17, 15) is 23.1 Å². The van der Waals surface area contributed by atoms with Gasteiger partial charge in [0, 0.05) is 18.0 Å². The number of nitrogens with one attached hydrogen (secondary N) is 1. The number of phenols is 1. The lowest BCUT2D eigenvalue weighted by Gasteiger charge is -2.07. The normalized spacial score (nSPS) is 11.7. The average molecular weight is 419 g/mol. The number of ketones is 1. The Morgan fingerprint density at radius 3 is 2.21 bits per heavy atom. The van der Waals surface area contributed by atoms with Crippen LogP contribution in [0.1, 0.15) is 34.6 Å². The Morgan fingerprint density at radius 1 is 1.03 bits per heavy atom. The van der Waals surface area contributed by atoms with Gasteiger partial charge in [0.25, 0.3) is 16.0 Å². The zero-order chi connectivity index (χ0) is 21.6. The SMILES string of the molecule is CC(C)C(=O)c1cc(N=Nc2ccc(C(=O)NCCS(=O)(=O)O)cc2)ccc1O. The molecule has 0 bridgehead atoms. The van der Waals surface area contributed by atoms with Crippen molar-refractivity contribution in [2.24, 2.45) is 16.1 Å². The summed E-state index contributed by atoms with van der Waals surface area (Å²) in [6.07, 6.45) is 0. The second-order valence-electron chi connectivity index (χ2n) is 6.51. The number of carbonyl (C=O) groups is 2. The quantitative estimate of drug-likeness (QED) is 0.340. The fourth-order valence-corrected chi connectivity index (χ4v) is 2.65. The zero-order valence-corrected chi connectivity index (χ0v) is 16.7. The van der Waals surface area contributed by atoms with E-state index in [-0.39, 0.29) is 35.1 Å². The lowest BCUT2D eigenvalue weighted by atomic mass is 10.00. The molecule has 0 atom stereocenters. The summed E-state index contributed by atoms with van der Waals surface area (Å²) >= 11 is 0. The molecular formula is C19H21N3O6S. The van der Waals surface area contributed by atoms with Crippen LogP contribution in [0.3, 0.4) is 0 Å². The molecule has 3 N–H and O–H groups in total. The van der Waals surface area contributed by atoms with Crippen LogP contribution in [0.15, 0.2) is 52.7 Å². The summed E-state index contributed by atoms with van der Waals surface area (Å²) in [6.45, 7) is 3.25. The van der Waals surface area contributed by atoms with E-state index in [2.05, 4.69) is 15.5 Å². The van der Waals surface area contributed by atoms with Crippen LogP contribution in [0.2, 0.25) is 0 Å². The summed E-state index contributed by atoms with van der Waals surface area (Å²) in [7, 11) is -4.14. The molecule has 154 valence electrons. The van der Waals surface area contributed by atoms with Crippen LogP contribution in [0.5, 0.6) is 5.75 Å². The van der Waals surface area contributed by atoms with Gasteiger partial charge in [-0.25, -0.2) is 0 Å². The number of benzene rings is 2. The molecule has 0 aromatic heterocycles. The van der Waals surface area contributed by atoms with Crippen molar-refractivity contribution in [1.29, 1.82) is 0 Å². The first kappa shape index (κ1) is 22.2. The molecule has 2 aromatic rings. The van der Waals surface area contributed by atoms with Gasteiger partial charge in [0.2, 0.25) is 0 Å². The summed E-state index contributed by atoms with van der Waals surface area (Å²) < 4.78 is 29.9. The molecule has 0 aliphatic rings. The van der Waals surface area contributed by atoms with E-state index in [4.69, 9.17) is 4.55 Å². The van der Waals surface area contributed by atoms with E-state index in [1.54, 1.807) is 26.0 Å². The first-order chi connectivity index (χ1) is 13.6. The van der Waals surface area contributed by atoms with Gasteiger partial charge in [0.1, 0.15) is 5.75 Å². The molecule has 0 heterocycles. The minimum Gasteiger partial charge on any atom is -0.507 e. The van der Waals surface area contributed by atoms with Gasteiger partial charge in [-0.3, -0.25) is 14.1 Å². The summed E-state index contributed by atoms with van der Waals surface area (Å²) in [5, 5.41) is 20.3. The predicted molar refractivity (Wildman–Crippen MR) is 107 cm³/mol. The number of azo groups is 1. The maximum absolute atomic E-state index is 12.1. The number of hydrogen-bond donors (Lipinski definition) is 3. The third kappa shape index (κ3) is 6.77. The molecule has 0 unspecified atom stereocenters. The third-order valence-electron chi connectivity index (χ3n) is 3.83. The zero-order valence-electron chi connectivity index (χ0n) is 15.9. The topological polar surface area (TPSA) is 145 Å². The van der Waals surface area contributed by atoms with Gasteiger partial charge in [-0.05, 0) is 42.5 Å². The predicted octanol–water partition coefficient (Wildman–Crippen LogP) is 3.26. The Labute approximate surface area is 168 Å². The first-order valence-corrected chi connectivity index (χ1v) is 10.3. The molecule has 2 rings (SSSR count). The van der Waals surface area contributed by atoms with E-state index in [0.717, 1.165) is 0 Å². The van der Waals surface area contributed by atoms with Gasteiger partial charge >= 0.3 is 0 Å². The van der Waals surface area contributed by atoms with Gasteiger partial charge in [-0.15, -0.1) is 0 Å². The van der Waals surface area contributed by atoms with Crippen molar-refractivity contribution in [1.82, 2.24) is 5.32 Å². The van der Waals surface area contributed by atoms with Crippen LogP contribution in [-0.4, -0.2) is 42.1 Å². The molecule has 2 aromatic carbocycles.